The van der Waals surface area contributed by atoms with Crippen LogP contribution in [-0.4, -0.2) is 25.0 Å². The van der Waals surface area contributed by atoms with Crippen molar-refractivity contribution in [2.75, 3.05) is 20.1 Å². The van der Waals surface area contributed by atoms with Crippen LogP contribution in [0.2, 0.25) is 0 Å². The molecule has 2 rings (SSSR count). The van der Waals surface area contributed by atoms with Gasteiger partial charge in [-0.15, -0.1) is 0 Å². The molecule has 1 heteroatoms. The van der Waals surface area contributed by atoms with E-state index < -0.39 is 0 Å². The molecular formula is C13H19N. The number of likely N-dealkylation sites (tertiary alicyclic amines) is 1. The van der Waals surface area contributed by atoms with Gasteiger partial charge in [0.25, 0.3) is 0 Å². The molecule has 0 bridgehead atoms. The summed E-state index contributed by atoms with van der Waals surface area (Å²) in [7, 11) is 2.21. The summed E-state index contributed by atoms with van der Waals surface area (Å²) in [6, 6.07) is 9.08. The van der Waals surface area contributed by atoms with Crippen molar-refractivity contribution in [3.8, 4) is 0 Å². The van der Waals surface area contributed by atoms with Gasteiger partial charge in [-0.2, -0.15) is 0 Å². The van der Waals surface area contributed by atoms with E-state index in [-0.39, 0.29) is 0 Å². The fraction of sp³-hybridized carbons (Fsp3) is 0.538. The van der Waals surface area contributed by atoms with E-state index in [1.54, 1.807) is 0 Å². The molecule has 0 aromatic heterocycles. The molecule has 0 radical (unpaired) electrons. The second kappa shape index (κ2) is 4.14. The van der Waals surface area contributed by atoms with Crippen LogP contribution in [0.4, 0.5) is 0 Å². The molecule has 1 nitrogen and oxygen atoms in total. The summed E-state index contributed by atoms with van der Waals surface area (Å²) in [6.45, 7) is 4.70. The topological polar surface area (TPSA) is 3.24 Å². The van der Waals surface area contributed by atoms with Gasteiger partial charge < -0.3 is 4.90 Å². The van der Waals surface area contributed by atoms with E-state index in [1.165, 1.54) is 30.6 Å². The Balaban J connectivity index is 2.15. The number of rotatable bonds is 2. The van der Waals surface area contributed by atoms with Crippen LogP contribution in [0.3, 0.4) is 0 Å². The molecule has 1 aliphatic heterocycles. The fourth-order valence-electron chi connectivity index (χ4n) is 2.27. The minimum absolute atomic E-state index is 0.770. The molecule has 1 aromatic rings. The van der Waals surface area contributed by atoms with Crippen molar-refractivity contribution < 1.29 is 0 Å². The van der Waals surface area contributed by atoms with Crippen LogP contribution >= 0.6 is 0 Å². The van der Waals surface area contributed by atoms with Crippen LogP contribution in [-0.2, 0) is 6.42 Å². The van der Waals surface area contributed by atoms with Gasteiger partial charge in [0.1, 0.15) is 0 Å². The molecule has 1 fully saturated rings. The highest BCUT2D eigenvalue weighted by atomic mass is 15.1. The molecule has 76 valence electrons. The number of benzene rings is 1. The Kier molecular flexibility index (Phi) is 2.87. The predicted molar refractivity (Wildman–Crippen MR) is 60.7 cm³/mol. The van der Waals surface area contributed by atoms with E-state index in [0.717, 1.165) is 12.3 Å². The maximum Gasteiger partial charge on any atom is 0.00477 e. The van der Waals surface area contributed by atoms with E-state index in [2.05, 4.69) is 43.1 Å². The molecule has 1 aliphatic rings. The predicted octanol–water partition coefficient (Wildman–Crippen LogP) is 2.67. The number of aryl methyl sites for hydroxylation is 1. The number of likely N-dealkylation sites (N-methyl/N-ethyl adjacent to an activating group) is 1. The van der Waals surface area contributed by atoms with Crippen molar-refractivity contribution >= 4 is 0 Å². The van der Waals surface area contributed by atoms with E-state index in [1.807, 2.05) is 0 Å². The smallest absolute Gasteiger partial charge is 0.00477 e. The van der Waals surface area contributed by atoms with Gasteiger partial charge in [-0.05, 0) is 43.5 Å². The van der Waals surface area contributed by atoms with Gasteiger partial charge >= 0.3 is 0 Å². The third-order valence-electron chi connectivity index (χ3n) is 3.22. The normalized spacial score (nSPS) is 22.9. The van der Waals surface area contributed by atoms with Gasteiger partial charge in [0.2, 0.25) is 0 Å². The third-order valence-corrected chi connectivity index (χ3v) is 3.22. The van der Waals surface area contributed by atoms with E-state index in [0.29, 0.717) is 0 Å². The van der Waals surface area contributed by atoms with E-state index >= 15 is 0 Å². The molecule has 1 saturated heterocycles. The Morgan fingerprint density at radius 2 is 2.29 bits per heavy atom. The maximum absolute atomic E-state index is 2.42. The van der Waals surface area contributed by atoms with Crippen LogP contribution in [0.15, 0.2) is 24.3 Å². The van der Waals surface area contributed by atoms with Gasteiger partial charge in [0, 0.05) is 6.54 Å². The van der Waals surface area contributed by atoms with E-state index in [9.17, 15) is 0 Å². The molecule has 14 heavy (non-hydrogen) atoms. The number of hydrogen-bond donors (Lipinski definition) is 0. The Labute approximate surface area is 86.7 Å². The quantitative estimate of drug-likeness (QED) is 0.691. The van der Waals surface area contributed by atoms with Gasteiger partial charge in [0.05, 0.1) is 0 Å². The lowest BCUT2D eigenvalue weighted by Gasteiger charge is -2.11. The van der Waals surface area contributed by atoms with Gasteiger partial charge in [0.15, 0.2) is 0 Å². The minimum atomic E-state index is 0.770. The first-order chi connectivity index (χ1) is 6.79. The first-order valence-electron chi connectivity index (χ1n) is 5.57. The Morgan fingerprint density at radius 1 is 1.43 bits per heavy atom. The van der Waals surface area contributed by atoms with Crippen LogP contribution in [0.5, 0.6) is 0 Å². The van der Waals surface area contributed by atoms with Crippen LogP contribution in [0.25, 0.3) is 0 Å². The average Bonchev–Trinajstić information content (AvgIpc) is 2.65. The largest absolute Gasteiger partial charge is 0.306 e. The highest BCUT2D eigenvalue weighted by Gasteiger charge is 2.20. The molecule has 1 aromatic carbocycles. The molecule has 0 aliphatic carbocycles. The van der Waals surface area contributed by atoms with Crippen molar-refractivity contribution in [3.05, 3.63) is 35.4 Å². The maximum atomic E-state index is 2.42. The SMILES string of the molecule is CCc1cccc(C2CCN(C)C2)c1. The number of nitrogens with zero attached hydrogens (tertiary/aromatic N) is 1. The van der Waals surface area contributed by atoms with Crippen molar-refractivity contribution in [2.45, 2.75) is 25.7 Å². The standard InChI is InChI=1S/C13H19N/c1-3-11-5-4-6-12(9-11)13-7-8-14(2)10-13/h4-6,9,13H,3,7-8,10H2,1-2H3. The molecule has 1 heterocycles. The van der Waals surface area contributed by atoms with Crippen LogP contribution in [0, 0.1) is 0 Å². The average molecular weight is 189 g/mol. The highest BCUT2D eigenvalue weighted by Crippen LogP contribution is 2.26. The first kappa shape index (κ1) is 9.72. The fourth-order valence-corrected chi connectivity index (χ4v) is 2.27. The van der Waals surface area contributed by atoms with Crippen LogP contribution < -0.4 is 0 Å². The molecule has 0 amide bonds. The lowest BCUT2D eigenvalue weighted by Crippen LogP contribution is -2.13. The Hall–Kier alpha value is -0.820. The van der Waals surface area contributed by atoms with Gasteiger partial charge in [-0.1, -0.05) is 31.2 Å². The Bertz CT molecular complexity index is 306. The van der Waals surface area contributed by atoms with Crippen molar-refractivity contribution in [3.63, 3.8) is 0 Å². The van der Waals surface area contributed by atoms with Crippen molar-refractivity contribution in [1.29, 1.82) is 0 Å². The zero-order valence-electron chi connectivity index (χ0n) is 9.16. The monoisotopic (exact) mass is 189 g/mol. The molecule has 0 spiro atoms. The number of hydrogen-bond acceptors (Lipinski definition) is 1. The second-order valence-electron chi connectivity index (χ2n) is 4.35. The molecule has 1 unspecified atom stereocenters. The molecular weight excluding hydrogens is 170 g/mol. The molecule has 0 N–H and O–H groups in total. The first-order valence-corrected chi connectivity index (χ1v) is 5.57. The summed E-state index contributed by atoms with van der Waals surface area (Å²) < 4.78 is 0. The lowest BCUT2D eigenvalue weighted by atomic mass is 9.96. The van der Waals surface area contributed by atoms with Crippen LogP contribution in [0.1, 0.15) is 30.4 Å². The summed E-state index contributed by atoms with van der Waals surface area (Å²) in [5.41, 5.74) is 3.01. The minimum Gasteiger partial charge on any atom is -0.306 e. The molecule has 1 atom stereocenters. The Morgan fingerprint density at radius 3 is 2.93 bits per heavy atom. The van der Waals surface area contributed by atoms with Crippen molar-refractivity contribution in [2.24, 2.45) is 0 Å². The summed E-state index contributed by atoms with van der Waals surface area (Å²) in [5.74, 6) is 0.770. The third kappa shape index (κ3) is 1.98. The summed E-state index contributed by atoms with van der Waals surface area (Å²) in [5, 5.41) is 0. The summed E-state index contributed by atoms with van der Waals surface area (Å²) in [4.78, 5) is 2.42. The summed E-state index contributed by atoms with van der Waals surface area (Å²) >= 11 is 0. The zero-order valence-corrected chi connectivity index (χ0v) is 9.16. The summed E-state index contributed by atoms with van der Waals surface area (Å²) in [6.07, 6.45) is 2.47. The highest BCUT2D eigenvalue weighted by molar-refractivity contribution is 5.27. The van der Waals surface area contributed by atoms with Gasteiger partial charge in [-0.25, -0.2) is 0 Å². The van der Waals surface area contributed by atoms with E-state index in [4.69, 9.17) is 0 Å². The van der Waals surface area contributed by atoms with Crippen molar-refractivity contribution in [1.82, 2.24) is 4.90 Å². The molecule has 0 saturated carbocycles. The van der Waals surface area contributed by atoms with Gasteiger partial charge in [-0.3, -0.25) is 0 Å². The lowest BCUT2D eigenvalue weighted by molar-refractivity contribution is 0.411. The zero-order chi connectivity index (χ0) is 9.97. The second-order valence-corrected chi connectivity index (χ2v) is 4.35.